The minimum absolute atomic E-state index is 0.0557. The van der Waals surface area contributed by atoms with Crippen LogP contribution in [0.3, 0.4) is 0 Å². The molecule has 1 fully saturated rings. The number of carbonyl (C=O) groups excluding carboxylic acids is 1. The van der Waals surface area contributed by atoms with E-state index in [-0.39, 0.29) is 30.2 Å². The average Bonchev–Trinajstić information content (AvgIpc) is 2.93. The fourth-order valence-electron chi connectivity index (χ4n) is 4.07. The molecular weight excluding hydrogens is 499 g/mol. The zero-order chi connectivity index (χ0) is 25.4. The molecule has 0 spiro atoms. The number of ether oxygens (including phenoxy) is 1. The second kappa shape index (κ2) is 9.84. The number of thioether (sulfide) groups is 2. The Bertz CT molecular complexity index is 1170. The van der Waals surface area contributed by atoms with Gasteiger partial charge in [-0.2, -0.15) is 18.4 Å². The van der Waals surface area contributed by atoms with Crippen molar-refractivity contribution in [1.29, 1.82) is 5.26 Å². The molecule has 2 heterocycles. The molecule has 1 atom stereocenters. The van der Waals surface area contributed by atoms with Gasteiger partial charge in [-0.1, -0.05) is 0 Å². The maximum atomic E-state index is 13.6. The number of hydrogen-bond donors (Lipinski definition) is 1. The molecule has 2 aliphatic heterocycles. The van der Waals surface area contributed by atoms with Gasteiger partial charge in [0.15, 0.2) is 0 Å². The minimum Gasteiger partial charge on any atom is -0.488 e. The van der Waals surface area contributed by atoms with Gasteiger partial charge in [-0.15, -0.1) is 23.5 Å². The van der Waals surface area contributed by atoms with E-state index >= 15 is 0 Å². The largest absolute Gasteiger partial charge is 0.488 e. The second-order valence-corrected chi connectivity index (χ2v) is 10.7. The second-order valence-electron chi connectivity index (χ2n) is 8.72. The Morgan fingerprint density at radius 1 is 1.20 bits per heavy atom. The highest BCUT2D eigenvalue weighted by Gasteiger charge is 2.42. The van der Waals surface area contributed by atoms with Crippen molar-refractivity contribution in [3.8, 4) is 11.8 Å². The standard InChI is InChI=1S/C24H24F3N3O3S2/c1-23(2)22(32)29(16-4-3-15(11-28)19(9-16)24(25,26)27)13-34-14-30(23)17-5-6-20-21(10-17)35-12-18(33-20)7-8-31/h3-6,9-10,18,31H,7-8,12-14H2,1-2H3. The van der Waals surface area contributed by atoms with Crippen molar-refractivity contribution in [1.82, 2.24) is 0 Å². The van der Waals surface area contributed by atoms with Crippen LogP contribution in [0.1, 0.15) is 31.4 Å². The van der Waals surface area contributed by atoms with Crippen molar-refractivity contribution < 1.29 is 27.8 Å². The Morgan fingerprint density at radius 2 is 1.94 bits per heavy atom. The lowest BCUT2D eigenvalue weighted by Crippen LogP contribution is -2.54. The van der Waals surface area contributed by atoms with Crippen LogP contribution in [0.5, 0.6) is 5.75 Å². The van der Waals surface area contributed by atoms with E-state index < -0.39 is 22.8 Å². The highest BCUT2D eigenvalue weighted by molar-refractivity contribution is 7.99. The number of halogens is 3. The number of aliphatic hydroxyl groups excluding tert-OH is 1. The van der Waals surface area contributed by atoms with E-state index in [1.165, 1.54) is 22.7 Å². The first kappa shape index (κ1) is 25.5. The first-order valence-corrected chi connectivity index (χ1v) is 13.0. The van der Waals surface area contributed by atoms with Crippen molar-refractivity contribution in [2.45, 2.75) is 43.0 Å². The summed E-state index contributed by atoms with van der Waals surface area (Å²) in [6, 6.07) is 10.6. The summed E-state index contributed by atoms with van der Waals surface area (Å²) in [7, 11) is 0. The molecule has 1 unspecified atom stereocenters. The third-order valence-corrected chi connectivity index (χ3v) is 8.08. The first-order chi connectivity index (χ1) is 16.6. The van der Waals surface area contributed by atoms with Crippen LogP contribution in [0.2, 0.25) is 0 Å². The van der Waals surface area contributed by atoms with E-state index in [0.29, 0.717) is 18.1 Å². The lowest BCUT2D eigenvalue weighted by Gasteiger charge is -2.39. The third kappa shape index (κ3) is 5.06. The number of rotatable bonds is 4. The lowest BCUT2D eigenvalue weighted by molar-refractivity contribution is -0.137. The van der Waals surface area contributed by atoms with E-state index in [1.54, 1.807) is 31.7 Å². The van der Waals surface area contributed by atoms with Crippen LogP contribution in [0, 0.1) is 11.3 Å². The number of amides is 1. The summed E-state index contributed by atoms with van der Waals surface area (Å²) in [6.45, 7) is 3.56. The van der Waals surface area contributed by atoms with Crippen LogP contribution in [-0.4, -0.2) is 46.8 Å². The molecule has 0 saturated carbocycles. The smallest absolute Gasteiger partial charge is 0.417 e. The zero-order valence-corrected chi connectivity index (χ0v) is 20.8. The molecule has 0 bridgehead atoms. The molecule has 0 radical (unpaired) electrons. The zero-order valence-electron chi connectivity index (χ0n) is 19.1. The molecule has 35 heavy (non-hydrogen) atoms. The van der Waals surface area contributed by atoms with E-state index in [1.807, 2.05) is 23.1 Å². The van der Waals surface area contributed by atoms with Gasteiger partial charge in [-0.05, 0) is 50.2 Å². The topological polar surface area (TPSA) is 76.8 Å². The molecule has 1 amide bonds. The van der Waals surface area contributed by atoms with Crippen LogP contribution in [0.25, 0.3) is 0 Å². The van der Waals surface area contributed by atoms with Crippen LogP contribution < -0.4 is 14.5 Å². The molecule has 11 heteroatoms. The predicted molar refractivity (Wildman–Crippen MR) is 131 cm³/mol. The van der Waals surface area contributed by atoms with Crippen molar-refractivity contribution in [3.63, 3.8) is 0 Å². The van der Waals surface area contributed by atoms with E-state index in [9.17, 15) is 23.1 Å². The Labute approximate surface area is 210 Å². The van der Waals surface area contributed by atoms with Crippen LogP contribution in [-0.2, 0) is 11.0 Å². The first-order valence-electron chi connectivity index (χ1n) is 10.9. The number of aliphatic hydroxyl groups is 1. The normalized spacial score (nSPS) is 20.0. The number of anilines is 2. The fraction of sp³-hybridized carbons (Fsp3) is 0.417. The Morgan fingerprint density at radius 3 is 2.63 bits per heavy atom. The van der Waals surface area contributed by atoms with Crippen molar-refractivity contribution in [3.05, 3.63) is 47.5 Å². The molecule has 4 rings (SSSR count). The summed E-state index contributed by atoms with van der Waals surface area (Å²) in [5.41, 5.74) is -1.67. The molecular formula is C24H24F3N3O3S2. The SMILES string of the molecule is CC1(C)C(=O)N(c2ccc(C#N)c(C(F)(F)F)c2)CSCN1c1ccc2c(c1)SCC(CCO)O2. The minimum atomic E-state index is -4.70. The number of nitriles is 1. The van der Waals surface area contributed by atoms with Gasteiger partial charge < -0.3 is 19.6 Å². The molecule has 6 nitrogen and oxygen atoms in total. The summed E-state index contributed by atoms with van der Waals surface area (Å²) in [4.78, 5) is 17.9. The molecule has 1 saturated heterocycles. The molecule has 2 aromatic carbocycles. The summed E-state index contributed by atoms with van der Waals surface area (Å²) in [5.74, 6) is 1.73. The molecule has 0 aliphatic carbocycles. The van der Waals surface area contributed by atoms with Gasteiger partial charge in [-0.3, -0.25) is 4.79 Å². The summed E-state index contributed by atoms with van der Waals surface area (Å²) < 4.78 is 46.5. The van der Waals surface area contributed by atoms with Gasteiger partial charge in [0.2, 0.25) is 0 Å². The highest BCUT2D eigenvalue weighted by atomic mass is 32.2. The molecule has 0 aromatic heterocycles. The van der Waals surface area contributed by atoms with Gasteiger partial charge in [0, 0.05) is 30.2 Å². The number of alkyl halides is 3. The summed E-state index contributed by atoms with van der Waals surface area (Å²) in [6.07, 6.45) is -4.21. The van der Waals surface area contributed by atoms with Crippen LogP contribution in [0.4, 0.5) is 24.5 Å². The quantitative estimate of drug-likeness (QED) is 0.598. The number of benzene rings is 2. The fourth-order valence-corrected chi connectivity index (χ4v) is 6.32. The maximum Gasteiger partial charge on any atom is 0.417 e. The van der Waals surface area contributed by atoms with Crippen molar-refractivity contribution in [2.75, 3.05) is 33.9 Å². The predicted octanol–water partition coefficient (Wildman–Crippen LogP) is 5.09. The van der Waals surface area contributed by atoms with Gasteiger partial charge in [0.05, 0.1) is 33.8 Å². The van der Waals surface area contributed by atoms with Gasteiger partial charge >= 0.3 is 6.18 Å². The van der Waals surface area contributed by atoms with Crippen molar-refractivity contribution in [2.24, 2.45) is 0 Å². The van der Waals surface area contributed by atoms with E-state index in [0.717, 1.165) is 28.5 Å². The average molecular weight is 524 g/mol. The number of nitrogens with zero attached hydrogens (tertiary/aromatic N) is 3. The van der Waals surface area contributed by atoms with Gasteiger partial charge in [0.25, 0.3) is 5.91 Å². The number of fused-ring (bicyclic) bond motifs is 1. The van der Waals surface area contributed by atoms with Crippen LogP contribution >= 0.6 is 23.5 Å². The van der Waals surface area contributed by atoms with Crippen molar-refractivity contribution >= 4 is 40.8 Å². The van der Waals surface area contributed by atoms with Gasteiger partial charge in [0.1, 0.15) is 17.4 Å². The Kier molecular flexibility index (Phi) is 7.18. The monoisotopic (exact) mass is 523 g/mol. The molecule has 2 aliphatic rings. The summed E-state index contributed by atoms with van der Waals surface area (Å²) >= 11 is 3.04. The molecule has 1 N–H and O–H groups in total. The van der Waals surface area contributed by atoms with E-state index in [2.05, 4.69) is 0 Å². The third-order valence-electron chi connectivity index (χ3n) is 6.03. The number of carbonyl (C=O) groups is 1. The number of hydrogen-bond acceptors (Lipinski definition) is 7. The highest BCUT2D eigenvalue weighted by Crippen LogP contribution is 2.42. The summed E-state index contributed by atoms with van der Waals surface area (Å²) in [5, 5.41) is 18.3. The molecule has 2 aromatic rings. The van der Waals surface area contributed by atoms with Crippen LogP contribution in [0.15, 0.2) is 41.3 Å². The van der Waals surface area contributed by atoms with Gasteiger partial charge in [-0.25, -0.2) is 0 Å². The maximum absolute atomic E-state index is 13.6. The molecule has 186 valence electrons. The Balaban J connectivity index is 1.63. The Hall–Kier alpha value is -2.55. The van der Waals surface area contributed by atoms with E-state index in [4.69, 9.17) is 10.00 Å². The lowest BCUT2D eigenvalue weighted by atomic mass is 9.99.